The van der Waals surface area contributed by atoms with Crippen molar-refractivity contribution in [3.63, 3.8) is 0 Å². The summed E-state index contributed by atoms with van der Waals surface area (Å²) < 4.78 is 5.51. The van der Waals surface area contributed by atoms with Crippen LogP contribution in [0.15, 0.2) is 28.7 Å². The van der Waals surface area contributed by atoms with Crippen molar-refractivity contribution in [2.24, 2.45) is 0 Å². The molecule has 2 heteroatoms. The lowest BCUT2D eigenvalue weighted by Gasteiger charge is -1.96. The molecular formula is C11H12O2. The third kappa shape index (κ3) is 1.33. The zero-order valence-electron chi connectivity index (χ0n) is 7.74. The van der Waals surface area contributed by atoms with Gasteiger partial charge in [0.25, 0.3) is 0 Å². The molecule has 1 N–H and O–H groups in total. The second-order valence-corrected chi connectivity index (χ2v) is 3.32. The number of para-hydroxylation sites is 1. The number of aliphatic hydroxyl groups is 1. The fraction of sp³-hybridized carbons (Fsp3) is 0.273. The number of benzene rings is 1. The number of hydrogen-bond donors (Lipinski definition) is 1. The third-order valence-electron chi connectivity index (χ3n) is 2.17. The number of aliphatic hydroxyl groups excluding tert-OH is 1. The monoisotopic (exact) mass is 176 g/mol. The number of hydrogen-bond acceptors (Lipinski definition) is 2. The Morgan fingerprint density at radius 2 is 2.15 bits per heavy atom. The van der Waals surface area contributed by atoms with Gasteiger partial charge < -0.3 is 9.52 Å². The van der Waals surface area contributed by atoms with Crippen LogP contribution in [0, 0.1) is 6.92 Å². The van der Waals surface area contributed by atoms with Crippen LogP contribution in [0.2, 0.25) is 0 Å². The van der Waals surface area contributed by atoms with Gasteiger partial charge in [0.05, 0.1) is 0 Å². The van der Waals surface area contributed by atoms with Gasteiger partial charge in [-0.2, -0.15) is 0 Å². The zero-order chi connectivity index (χ0) is 9.42. The first kappa shape index (κ1) is 8.32. The van der Waals surface area contributed by atoms with E-state index in [1.807, 2.05) is 31.2 Å². The SMILES string of the molecule is Cc1cccc2cc(C(C)O)oc12. The molecule has 68 valence electrons. The van der Waals surface area contributed by atoms with Crippen molar-refractivity contribution in [3.8, 4) is 0 Å². The molecule has 1 atom stereocenters. The average Bonchev–Trinajstić information content (AvgIpc) is 2.49. The highest BCUT2D eigenvalue weighted by Crippen LogP contribution is 2.25. The van der Waals surface area contributed by atoms with Crippen molar-refractivity contribution in [3.05, 3.63) is 35.6 Å². The fourth-order valence-electron chi connectivity index (χ4n) is 1.43. The van der Waals surface area contributed by atoms with Gasteiger partial charge in [0.2, 0.25) is 0 Å². The standard InChI is InChI=1S/C11H12O2/c1-7-4-3-5-9-6-10(8(2)12)13-11(7)9/h3-6,8,12H,1-2H3. The van der Waals surface area contributed by atoms with Gasteiger partial charge >= 0.3 is 0 Å². The van der Waals surface area contributed by atoms with Crippen LogP contribution in [0.4, 0.5) is 0 Å². The number of furan rings is 1. The van der Waals surface area contributed by atoms with E-state index in [0.29, 0.717) is 5.76 Å². The van der Waals surface area contributed by atoms with Gasteiger partial charge in [-0.1, -0.05) is 18.2 Å². The molecule has 1 heterocycles. The maximum absolute atomic E-state index is 9.32. The number of aryl methyl sites for hydroxylation is 1. The van der Waals surface area contributed by atoms with E-state index in [0.717, 1.165) is 16.5 Å². The molecule has 0 spiro atoms. The van der Waals surface area contributed by atoms with Crippen molar-refractivity contribution in [1.29, 1.82) is 0 Å². The summed E-state index contributed by atoms with van der Waals surface area (Å²) in [6.45, 7) is 3.70. The summed E-state index contributed by atoms with van der Waals surface area (Å²) >= 11 is 0. The molecule has 13 heavy (non-hydrogen) atoms. The first-order valence-electron chi connectivity index (χ1n) is 4.35. The molecule has 0 aliphatic heterocycles. The molecule has 0 saturated heterocycles. The van der Waals surface area contributed by atoms with Crippen molar-refractivity contribution in [2.45, 2.75) is 20.0 Å². The van der Waals surface area contributed by atoms with E-state index in [2.05, 4.69) is 0 Å². The summed E-state index contributed by atoms with van der Waals surface area (Å²) in [7, 11) is 0. The smallest absolute Gasteiger partial charge is 0.137 e. The first-order valence-corrected chi connectivity index (χ1v) is 4.35. The Morgan fingerprint density at radius 1 is 1.38 bits per heavy atom. The highest BCUT2D eigenvalue weighted by molar-refractivity contribution is 5.80. The third-order valence-corrected chi connectivity index (χ3v) is 2.17. The molecule has 1 aromatic carbocycles. The van der Waals surface area contributed by atoms with Gasteiger partial charge in [-0.15, -0.1) is 0 Å². The topological polar surface area (TPSA) is 33.4 Å². The Labute approximate surface area is 76.8 Å². The van der Waals surface area contributed by atoms with Crippen LogP contribution >= 0.6 is 0 Å². The summed E-state index contributed by atoms with van der Waals surface area (Å²) in [6.07, 6.45) is -0.535. The van der Waals surface area contributed by atoms with Crippen LogP contribution in [0.25, 0.3) is 11.0 Å². The van der Waals surface area contributed by atoms with Crippen LogP contribution in [-0.4, -0.2) is 5.11 Å². The molecule has 0 bridgehead atoms. The van der Waals surface area contributed by atoms with E-state index in [1.165, 1.54) is 0 Å². The minimum atomic E-state index is -0.535. The lowest BCUT2D eigenvalue weighted by molar-refractivity contribution is 0.172. The second-order valence-electron chi connectivity index (χ2n) is 3.32. The minimum Gasteiger partial charge on any atom is -0.458 e. The number of fused-ring (bicyclic) bond motifs is 1. The predicted molar refractivity (Wildman–Crippen MR) is 51.6 cm³/mol. The normalized spacial score (nSPS) is 13.5. The van der Waals surface area contributed by atoms with Crippen LogP contribution in [0.1, 0.15) is 24.4 Å². The van der Waals surface area contributed by atoms with E-state index in [9.17, 15) is 5.11 Å². The van der Waals surface area contributed by atoms with Crippen LogP contribution < -0.4 is 0 Å². The minimum absolute atomic E-state index is 0.535. The van der Waals surface area contributed by atoms with Crippen molar-refractivity contribution in [1.82, 2.24) is 0 Å². The molecule has 0 fully saturated rings. The summed E-state index contributed by atoms with van der Waals surface area (Å²) in [4.78, 5) is 0. The quantitative estimate of drug-likeness (QED) is 0.724. The second kappa shape index (κ2) is 2.89. The largest absolute Gasteiger partial charge is 0.458 e. The van der Waals surface area contributed by atoms with Gasteiger partial charge in [-0.05, 0) is 25.5 Å². The Balaban J connectivity index is 2.68. The summed E-state index contributed by atoms with van der Waals surface area (Å²) in [5.41, 5.74) is 1.97. The van der Waals surface area contributed by atoms with Crippen molar-refractivity contribution >= 4 is 11.0 Å². The van der Waals surface area contributed by atoms with Gasteiger partial charge in [0.15, 0.2) is 0 Å². The van der Waals surface area contributed by atoms with Gasteiger partial charge in [0.1, 0.15) is 17.4 Å². The zero-order valence-corrected chi connectivity index (χ0v) is 7.74. The Hall–Kier alpha value is -1.28. The van der Waals surface area contributed by atoms with E-state index >= 15 is 0 Å². The lowest BCUT2D eigenvalue weighted by atomic mass is 10.2. The summed E-state index contributed by atoms with van der Waals surface area (Å²) in [6, 6.07) is 7.85. The highest BCUT2D eigenvalue weighted by atomic mass is 16.4. The predicted octanol–water partition coefficient (Wildman–Crippen LogP) is 2.79. The van der Waals surface area contributed by atoms with Gasteiger partial charge in [0, 0.05) is 5.39 Å². The van der Waals surface area contributed by atoms with E-state index < -0.39 is 6.10 Å². The molecule has 1 unspecified atom stereocenters. The van der Waals surface area contributed by atoms with Crippen LogP contribution in [0.5, 0.6) is 0 Å². The maximum Gasteiger partial charge on any atom is 0.137 e. The highest BCUT2D eigenvalue weighted by Gasteiger charge is 2.08. The molecule has 0 amide bonds. The molecule has 2 aromatic rings. The fourth-order valence-corrected chi connectivity index (χ4v) is 1.43. The molecular weight excluding hydrogens is 164 g/mol. The van der Waals surface area contributed by atoms with Gasteiger partial charge in [-0.25, -0.2) is 0 Å². The Bertz CT molecular complexity index is 427. The lowest BCUT2D eigenvalue weighted by Crippen LogP contribution is -1.85. The molecule has 0 radical (unpaired) electrons. The maximum atomic E-state index is 9.32. The molecule has 0 saturated carbocycles. The Morgan fingerprint density at radius 3 is 2.77 bits per heavy atom. The van der Waals surface area contributed by atoms with Crippen molar-refractivity contribution in [2.75, 3.05) is 0 Å². The van der Waals surface area contributed by atoms with Crippen molar-refractivity contribution < 1.29 is 9.52 Å². The molecule has 1 aromatic heterocycles. The molecule has 2 nitrogen and oxygen atoms in total. The van der Waals surface area contributed by atoms with E-state index in [-0.39, 0.29) is 0 Å². The van der Waals surface area contributed by atoms with Crippen LogP contribution in [-0.2, 0) is 0 Å². The molecule has 0 aliphatic carbocycles. The van der Waals surface area contributed by atoms with E-state index in [1.54, 1.807) is 6.92 Å². The van der Waals surface area contributed by atoms with E-state index in [4.69, 9.17) is 4.42 Å². The molecule has 2 rings (SSSR count). The van der Waals surface area contributed by atoms with Gasteiger partial charge in [-0.3, -0.25) is 0 Å². The summed E-state index contributed by atoms with van der Waals surface area (Å²) in [5, 5.41) is 10.4. The van der Waals surface area contributed by atoms with Crippen LogP contribution in [0.3, 0.4) is 0 Å². The Kier molecular flexibility index (Phi) is 1.85. The first-order chi connectivity index (χ1) is 6.18. The molecule has 0 aliphatic rings. The summed E-state index contributed by atoms with van der Waals surface area (Å²) in [5.74, 6) is 0.629. The average molecular weight is 176 g/mol. The number of rotatable bonds is 1.